The molecule has 4 nitrogen and oxygen atoms in total. The first-order valence-corrected chi connectivity index (χ1v) is 9.40. The number of rotatable bonds is 9. The van der Waals surface area contributed by atoms with Crippen molar-refractivity contribution in [2.75, 3.05) is 6.54 Å². The predicted octanol–water partition coefficient (Wildman–Crippen LogP) is 4.86. The van der Waals surface area contributed by atoms with Crippen LogP contribution in [-0.4, -0.2) is 18.8 Å². The SMILES string of the molecule is CC(NC(=O)NCCCCc1ccccc1)Oc1ccccc1C(C)C. The minimum Gasteiger partial charge on any atom is -0.471 e. The van der Waals surface area contributed by atoms with E-state index >= 15 is 0 Å². The van der Waals surface area contributed by atoms with Crippen LogP contribution in [0.15, 0.2) is 54.6 Å². The Hall–Kier alpha value is -2.49. The first kappa shape index (κ1) is 19.8. The van der Waals surface area contributed by atoms with E-state index < -0.39 is 0 Å². The van der Waals surface area contributed by atoms with Gasteiger partial charge in [0, 0.05) is 6.54 Å². The lowest BCUT2D eigenvalue weighted by Crippen LogP contribution is -2.43. The van der Waals surface area contributed by atoms with E-state index in [1.807, 2.05) is 31.2 Å². The molecule has 2 aromatic carbocycles. The molecule has 0 saturated carbocycles. The van der Waals surface area contributed by atoms with E-state index in [4.69, 9.17) is 4.74 Å². The molecule has 140 valence electrons. The molecule has 1 unspecified atom stereocenters. The summed E-state index contributed by atoms with van der Waals surface area (Å²) in [5.41, 5.74) is 2.48. The van der Waals surface area contributed by atoms with Crippen LogP contribution in [0.25, 0.3) is 0 Å². The smallest absolute Gasteiger partial charge is 0.317 e. The molecule has 0 spiro atoms. The summed E-state index contributed by atoms with van der Waals surface area (Å²) in [6.07, 6.45) is 2.65. The van der Waals surface area contributed by atoms with Gasteiger partial charge >= 0.3 is 6.03 Å². The zero-order chi connectivity index (χ0) is 18.8. The summed E-state index contributed by atoms with van der Waals surface area (Å²) < 4.78 is 5.89. The van der Waals surface area contributed by atoms with Gasteiger partial charge in [-0.1, -0.05) is 62.4 Å². The highest BCUT2D eigenvalue weighted by Crippen LogP contribution is 2.26. The van der Waals surface area contributed by atoms with Crippen molar-refractivity contribution in [1.29, 1.82) is 0 Å². The van der Waals surface area contributed by atoms with Gasteiger partial charge in [-0.25, -0.2) is 4.79 Å². The summed E-state index contributed by atoms with van der Waals surface area (Å²) in [7, 11) is 0. The average Bonchev–Trinajstić information content (AvgIpc) is 2.62. The van der Waals surface area contributed by atoms with Crippen molar-refractivity contribution in [3.05, 3.63) is 65.7 Å². The fraction of sp³-hybridized carbons (Fsp3) is 0.409. The van der Waals surface area contributed by atoms with Gasteiger partial charge in [0.25, 0.3) is 0 Å². The summed E-state index contributed by atoms with van der Waals surface area (Å²) in [5, 5.41) is 5.72. The molecule has 0 heterocycles. The van der Waals surface area contributed by atoms with Crippen LogP contribution in [-0.2, 0) is 6.42 Å². The van der Waals surface area contributed by atoms with Gasteiger partial charge in [-0.3, -0.25) is 0 Å². The molecular formula is C22H30N2O2. The number of carbonyl (C=O) groups is 1. The van der Waals surface area contributed by atoms with E-state index in [-0.39, 0.29) is 12.3 Å². The largest absolute Gasteiger partial charge is 0.471 e. The maximum Gasteiger partial charge on any atom is 0.317 e. The number of benzene rings is 2. The molecule has 26 heavy (non-hydrogen) atoms. The van der Waals surface area contributed by atoms with Crippen LogP contribution in [0.4, 0.5) is 4.79 Å². The molecule has 0 saturated heterocycles. The van der Waals surface area contributed by atoms with E-state index in [9.17, 15) is 4.79 Å². The Morgan fingerprint density at radius 2 is 1.65 bits per heavy atom. The second kappa shape index (κ2) is 10.5. The van der Waals surface area contributed by atoms with Crippen molar-refractivity contribution < 1.29 is 9.53 Å². The minimum atomic E-state index is -0.390. The Morgan fingerprint density at radius 1 is 0.962 bits per heavy atom. The van der Waals surface area contributed by atoms with Crippen molar-refractivity contribution in [3.8, 4) is 5.75 Å². The second-order valence-electron chi connectivity index (χ2n) is 6.80. The Bertz CT molecular complexity index is 671. The van der Waals surface area contributed by atoms with Crippen LogP contribution in [0.1, 0.15) is 50.7 Å². The lowest BCUT2D eigenvalue weighted by molar-refractivity contribution is 0.175. The van der Waals surface area contributed by atoms with Gasteiger partial charge in [-0.2, -0.15) is 0 Å². The number of hydrogen-bond donors (Lipinski definition) is 2. The molecule has 0 bridgehead atoms. The first-order chi connectivity index (χ1) is 12.6. The van der Waals surface area contributed by atoms with Crippen LogP contribution in [0.5, 0.6) is 5.75 Å². The molecular weight excluding hydrogens is 324 g/mol. The highest BCUT2D eigenvalue weighted by Gasteiger charge is 2.12. The third kappa shape index (κ3) is 6.79. The van der Waals surface area contributed by atoms with Crippen LogP contribution in [0, 0.1) is 0 Å². The average molecular weight is 354 g/mol. The Balaban J connectivity index is 1.66. The Morgan fingerprint density at radius 3 is 2.38 bits per heavy atom. The lowest BCUT2D eigenvalue weighted by atomic mass is 10.0. The number of carbonyl (C=O) groups excluding carboxylic acids is 1. The molecule has 2 amide bonds. The van der Waals surface area contributed by atoms with Gasteiger partial charge in [0.1, 0.15) is 5.75 Å². The lowest BCUT2D eigenvalue weighted by Gasteiger charge is -2.20. The van der Waals surface area contributed by atoms with E-state index in [2.05, 4.69) is 54.8 Å². The van der Waals surface area contributed by atoms with Gasteiger partial charge in [0.05, 0.1) is 0 Å². The van der Waals surface area contributed by atoms with Crippen molar-refractivity contribution in [2.24, 2.45) is 0 Å². The van der Waals surface area contributed by atoms with Gasteiger partial charge in [0.2, 0.25) is 0 Å². The Labute approximate surface area is 157 Å². The zero-order valence-electron chi connectivity index (χ0n) is 16.0. The number of para-hydroxylation sites is 1. The molecule has 0 fully saturated rings. The molecule has 0 aliphatic carbocycles. The molecule has 0 radical (unpaired) electrons. The van der Waals surface area contributed by atoms with Crippen molar-refractivity contribution in [3.63, 3.8) is 0 Å². The minimum absolute atomic E-state index is 0.195. The number of nitrogens with one attached hydrogen (secondary N) is 2. The maximum atomic E-state index is 12.0. The maximum absolute atomic E-state index is 12.0. The third-order valence-electron chi connectivity index (χ3n) is 4.20. The first-order valence-electron chi connectivity index (χ1n) is 9.40. The molecule has 2 rings (SSSR count). The number of urea groups is 1. The summed E-state index contributed by atoms with van der Waals surface area (Å²) in [6, 6.07) is 18.2. The molecule has 0 aliphatic rings. The number of aryl methyl sites for hydroxylation is 1. The van der Waals surface area contributed by atoms with Crippen molar-refractivity contribution >= 4 is 6.03 Å². The molecule has 4 heteroatoms. The van der Waals surface area contributed by atoms with Crippen LogP contribution in [0.3, 0.4) is 0 Å². The standard InChI is InChI=1S/C22H30N2O2/c1-17(2)20-14-7-8-15-21(20)26-18(3)24-22(25)23-16-10-9-13-19-11-5-4-6-12-19/h4-8,11-12,14-15,17-18H,9-10,13,16H2,1-3H3,(H2,23,24,25). The fourth-order valence-electron chi connectivity index (χ4n) is 2.82. The van der Waals surface area contributed by atoms with Crippen molar-refractivity contribution in [2.45, 2.75) is 52.2 Å². The van der Waals surface area contributed by atoms with Crippen LogP contribution in [0.2, 0.25) is 0 Å². The summed E-state index contributed by atoms with van der Waals surface area (Å²) in [6.45, 7) is 6.75. The van der Waals surface area contributed by atoms with Crippen molar-refractivity contribution in [1.82, 2.24) is 10.6 Å². The molecule has 1 atom stereocenters. The monoisotopic (exact) mass is 354 g/mol. The Kier molecular flexibility index (Phi) is 8.00. The number of hydrogen-bond acceptors (Lipinski definition) is 2. The van der Waals surface area contributed by atoms with Gasteiger partial charge in [-0.15, -0.1) is 0 Å². The second-order valence-corrected chi connectivity index (χ2v) is 6.80. The predicted molar refractivity (Wildman–Crippen MR) is 107 cm³/mol. The third-order valence-corrected chi connectivity index (χ3v) is 4.20. The van der Waals surface area contributed by atoms with Crippen LogP contribution >= 0.6 is 0 Å². The highest BCUT2D eigenvalue weighted by molar-refractivity contribution is 5.73. The summed E-state index contributed by atoms with van der Waals surface area (Å²) >= 11 is 0. The van der Waals surface area contributed by atoms with E-state index in [1.165, 1.54) is 5.56 Å². The number of unbranched alkanes of at least 4 members (excludes halogenated alkanes) is 1. The number of amides is 2. The summed E-state index contributed by atoms with van der Waals surface area (Å²) in [5.74, 6) is 1.19. The van der Waals surface area contributed by atoms with E-state index in [0.717, 1.165) is 30.6 Å². The zero-order valence-corrected chi connectivity index (χ0v) is 16.0. The normalized spacial score (nSPS) is 11.8. The van der Waals surface area contributed by atoms with Gasteiger partial charge in [-0.05, 0) is 49.3 Å². The number of ether oxygens (including phenoxy) is 1. The molecule has 2 N–H and O–H groups in total. The summed E-state index contributed by atoms with van der Waals surface area (Å²) in [4.78, 5) is 12.0. The molecule has 0 aromatic heterocycles. The van der Waals surface area contributed by atoms with E-state index in [0.29, 0.717) is 12.5 Å². The molecule has 2 aromatic rings. The quantitative estimate of drug-likeness (QED) is 0.499. The van der Waals surface area contributed by atoms with Gasteiger partial charge in [0.15, 0.2) is 6.23 Å². The van der Waals surface area contributed by atoms with Crippen LogP contribution < -0.4 is 15.4 Å². The topological polar surface area (TPSA) is 50.4 Å². The highest BCUT2D eigenvalue weighted by atomic mass is 16.5. The van der Waals surface area contributed by atoms with E-state index in [1.54, 1.807) is 0 Å². The molecule has 0 aliphatic heterocycles. The van der Waals surface area contributed by atoms with Gasteiger partial charge < -0.3 is 15.4 Å². The fourth-order valence-corrected chi connectivity index (χ4v) is 2.82.